The normalized spacial score (nSPS) is 19.8. The summed E-state index contributed by atoms with van der Waals surface area (Å²) in [5.41, 5.74) is 3.55. The summed E-state index contributed by atoms with van der Waals surface area (Å²) < 4.78 is 5.20. The maximum absolute atomic E-state index is 6.09. The van der Waals surface area contributed by atoms with Gasteiger partial charge in [-0.05, 0) is 49.2 Å². The topological polar surface area (TPSA) is 38.1 Å². The molecule has 0 bridgehead atoms. The van der Waals surface area contributed by atoms with Gasteiger partial charge in [-0.25, -0.2) is 0 Å². The highest BCUT2D eigenvalue weighted by molar-refractivity contribution is 6.29. The molecule has 2 unspecified atom stereocenters. The van der Waals surface area contributed by atoms with Crippen molar-refractivity contribution >= 4 is 11.6 Å². The van der Waals surface area contributed by atoms with E-state index in [4.69, 9.17) is 16.0 Å². The molecule has 1 aliphatic rings. The highest BCUT2D eigenvalue weighted by atomic mass is 35.5. The van der Waals surface area contributed by atoms with Crippen LogP contribution in [-0.2, 0) is 6.42 Å². The molecule has 0 saturated carbocycles. The number of rotatable bonds is 3. The van der Waals surface area contributed by atoms with Gasteiger partial charge >= 0.3 is 0 Å². The summed E-state index contributed by atoms with van der Waals surface area (Å²) >= 11 is 6.09. The lowest BCUT2D eigenvalue weighted by molar-refractivity contribution is 0.463. The van der Waals surface area contributed by atoms with Crippen LogP contribution in [0.2, 0.25) is 5.22 Å². The van der Waals surface area contributed by atoms with Crippen molar-refractivity contribution in [1.82, 2.24) is 10.3 Å². The molecular weight excluding hydrogens is 248 g/mol. The smallest absolute Gasteiger partial charge is 0.197 e. The summed E-state index contributed by atoms with van der Waals surface area (Å²) in [4.78, 5) is 4.54. The molecule has 2 heterocycles. The van der Waals surface area contributed by atoms with Gasteiger partial charge in [0.1, 0.15) is 0 Å². The van der Waals surface area contributed by atoms with Gasteiger partial charge in [-0.15, -0.1) is 0 Å². The molecule has 2 aromatic heterocycles. The van der Waals surface area contributed by atoms with E-state index in [9.17, 15) is 0 Å². The Kier molecular flexibility index (Phi) is 3.10. The van der Waals surface area contributed by atoms with Gasteiger partial charge in [-0.1, -0.05) is 6.07 Å². The fourth-order valence-corrected chi connectivity index (χ4v) is 3.10. The minimum Gasteiger partial charge on any atom is -0.453 e. The average molecular weight is 263 g/mol. The highest BCUT2D eigenvalue weighted by Crippen LogP contribution is 2.42. The van der Waals surface area contributed by atoms with E-state index in [0.717, 1.165) is 18.4 Å². The van der Waals surface area contributed by atoms with Crippen LogP contribution >= 0.6 is 11.6 Å². The predicted molar refractivity (Wildman–Crippen MR) is 70.8 cm³/mol. The maximum Gasteiger partial charge on any atom is 0.197 e. The number of hydrogen-bond acceptors (Lipinski definition) is 3. The van der Waals surface area contributed by atoms with Crippen LogP contribution in [0.3, 0.4) is 0 Å². The van der Waals surface area contributed by atoms with E-state index in [0.29, 0.717) is 11.1 Å². The number of aryl methyl sites for hydroxylation is 1. The van der Waals surface area contributed by atoms with E-state index < -0.39 is 0 Å². The zero-order valence-corrected chi connectivity index (χ0v) is 10.9. The third kappa shape index (κ3) is 1.84. The van der Waals surface area contributed by atoms with Crippen LogP contribution in [0.15, 0.2) is 35.1 Å². The molecule has 0 amide bonds. The van der Waals surface area contributed by atoms with E-state index >= 15 is 0 Å². The molecule has 4 heteroatoms. The van der Waals surface area contributed by atoms with Gasteiger partial charge in [0.05, 0.1) is 6.26 Å². The van der Waals surface area contributed by atoms with Crippen LogP contribution in [0.1, 0.15) is 35.2 Å². The Morgan fingerprint density at radius 1 is 1.50 bits per heavy atom. The maximum atomic E-state index is 6.09. The SMILES string of the molecule is CNC(c1ccoc1Cl)C1CCc2cccnc21. The van der Waals surface area contributed by atoms with E-state index in [-0.39, 0.29) is 6.04 Å². The van der Waals surface area contributed by atoms with Crippen molar-refractivity contribution in [3.63, 3.8) is 0 Å². The second-order valence-electron chi connectivity index (χ2n) is 4.61. The molecule has 0 saturated heterocycles. The summed E-state index contributed by atoms with van der Waals surface area (Å²) in [6.07, 6.45) is 5.68. The van der Waals surface area contributed by atoms with Gasteiger partial charge in [0.25, 0.3) is 0 Å². The van der Waals surface area contributed by atoms with Crippen molar-refractivity contribution < 1.29 is 4.42 Å². The molecule has 1 N–H and O–H groups in total. The van der Waals surface area contributed by atoms with Crippen LogP contribution in [0.25, 0.3) is 0 Å². The minimum absolute atomic E-state index is 0.160. The summed E-state index contributed by atoms with van der Waals surface area (Å²) in [6, 6.07) is 6.25. The number of furan rings is 1. The lowest BCUT2D eigenvalue weighted by atomic mass is 9.92. The first-order valence-corrected chi connectivity index (χ1v) is 6.53. The molecular formula is C14H15ClN2O. The molecule has 3 rings (SSSR count). The summed E-state index contributed by atoms with van der Waals surface area (Å²) in [5, 5.41) is 3.81. The molecule has 18 heavy (non-hydrogen) atoms. The molecule has 1 aliphatic carbocycles. The van der Waals surface area contributed by atoms with Crippen molar-refractivity contribution in [2.45, 2.75) is 24.8 Å². The standard InChI is InChI=1S/C14H15ClN2O/c1-16-13(11-6-8-18-14(11)15)10-5-4-9-3-2-7-17-12(9)10/h2-3,6-8,10,13,16H,4-5H2,1H3. The largest absolute Gasteiger partial charge is 0.453 e. The quantitative estimate of drug-likeness (QED) is 0.922. The van der Waals surface area contributed by atoms with Gasteiger partial charge in [0.15, 0.2) is 5.22 Å². The van der Waals surface area contributed by atoms with Crippen LogP contribution in [0.5, 0.6) is 0 Å². The van der Waals surface area contributed by atoms with Gasteiger partial charge in [-0.2, -0.15) is 0 Å². The first-order chi connectivity index (χ1) is 8.81. The Morgan fingerprint density at radius 2 is 2.39 bits per heavy atom. The van der Waals surface area contributed by atoms with Crippen molar-refractivity contribution in [2.75, 3.05) is 7.05 Å². The number of pyridine rings is 1. The first kappa shape index (κ1) is 11.8. The van der Waals surface area contributed by atoms with Gasteiger partial charge in [0, 0.05) is 29.4 Å². The molecule has 2 aromatic rings. The van der Waals surface area contributed by atoms with Crippen molar-refractivity contribution in [3.05, 3.63) is 52.7 Å². The molecule has 0 spiro atoms. The van der Waals surface area contributed by atoms with E-state index in [1.807, 2.05) is 25.4 Å². The highest BCUT2D eigenvalue weighted by Gasteiger charge is 2.32. The summed E-state index contributed by atoms with van der Waals surface area (Å²) in [7, 11) is 1.95. The van der Waals surface area contributed by atoms with Crippen molar-refractivity contribution in [2.24, 2.45) is 0 Å². The molecule has 0 fully saturated rings. The van der Waals surface area contributed by atoms with Crippen molar-refractivity contribution in [1.29, 1.82) is 0 Å². The van der Waals surface area contributed by atoms with Gasteiger partial charge < -0.3 is 9.73 Å². The van der Waals surface area contributed by atoms with E-state index in [1.165, 1.54) is 11.3 Å². The number of aromatic nitrogens is 1. The monoisotopic (exact) mass is 262 g/mol. The first-order valence-electron chi connectivity index (χ1n) is 6.15. The van der Waals surface area contributed by atoms with Crippen LogP contribution in [0, 0.1) is 0 Å². The molecule has 0 aliphatic heterocycles. The Balaban J connectivity index is 1.98. The fraction of sp³-hybridized carbons (Fsp3) is 0.357. The summed E-state index contributed by atoms with van der Waals surface area (Å²) in [5.74, 6) is 0.362. The Labute approximate surface area is 111 Å². The van der Waals surface area contributed by atoms with Gasteiger partial charge in [-0.3, -0.25) is 4.98 Å². The van der Waals surface area contributed by atoms with E-state index in [1.54, 1.807) is 6.26 Å². The molecule has 0 radical (unpaired) electrons. The Bertz CT molecular complexity index is 552. The number of hydrogen-bond donors (Lipinski definition) is 1. The zero-order valence-electron chi connectivity index (χ0n) is 10.2. The van der Waals surface area contributed by atoms with Crippen LogP contribution in [0.4, 0.5) is 0 Å². The molecule has 0 aromatic carbocycles. The van der Waals surface area contributed by atoms with E-state index in [2.05, 4.69) is 16.4 Å². The predicted octanol–water partition coefficient (Wildman–Crippen LogP) is 3.32. The molecule has 2 atom stereocenters. The number of fused-ring (bicyclic) bond motifs is 1. The minimum atomic E-state index is 0.160. The molecule has 3 nitrogen and oxygen atoms in total. The third-order valence-electron chi connectivity index (χ3n) is 3.70. The number of nitrogens with zero attached hydrogens (tertiary/aromatic N) is 1. The average Bonchev–Trinajstić information content (AvgIpc) is 2.99. The number of likely N-dealkylation sites (N-methyl/N-ethyl adjacent to an activating group) is 1. The lowest BCUT2D eigenvalue weighted by Gasteiger charge is -2.22. The third-order valence-corrected chi connectivity index (χ3v) is 4.00. The second kappa shape index (κ2) is 4.75. The Hall–Kier alpha value is -1.32. The molecule has 94 valence electrons. The Morgan fingerprint density at radius 3 is 3.11 bits per heavy atom. The number of nitrogens with one attached hydrogen (secondary N) is 1. The summed E-state index contributed by atoms with van der Waals surface area (Å²) in [6.45, 7) is 0. The zero-order chi connectivity index (χ0) is 12.5. The van der Waals surface area contributed by atoms with Crippen molar-refractivity contribution in [3.8, 4) is 0 Å². The van der Waals surface area contributed by atoms with Crippen LogP contribution < -0.4 is 5.32 Å². The second-order valence-corrected chi connectivity index (χ2v) is 4.95. The lowest BCUT2D eigenvalue weighted by Crippen LogP contribution is -2.23. The van der Waals surface area contributed by atoms with Crippen LogP contribution in [-0.4, -0.2) is 12.0 Å². The fourth-order valence-electron chi connectivity index (χ4n) is 2.87. The van der Waals surface area contributed by atoms with Gasteiger partial charge in [0.2, 0.25) is 0 Å². The number of halogens is 1.